The number of thiocarbonyl (C=S) groups is 1. The highest BCUT2D eigenvalue weighted by Gasteiger charge is 2.37. The van der Waals surface area contributed by atoms with E-state index in [0.717, 1.165) is 0 Å². The number of hydrogen-bond donors (Lipinski definition) is 1. The number of rotatable bonds is 5. The molecule has 0 aliphatic carbocycles. The molecule has 0 saturated carbocycles. The van der Waals surface area contributed by atoms with Crippen LogP contribution in [0.15, 0.2) is 48.2 Å². The van der Waals surface area contributed by atoms with Gasteiger partial charge in [-0.3, -0.25) is 19.4 Å². The molecular formula is C20H19N3O4S. The molecule has 0 atom stereocenters. The molecule has 144 valence electrons. The van der Waals surface area contributed by atoms with Crippen LogP contribution in [0.3, 0.4) is 0 Å². The Morgan fingerprint density at radius 1 is 1.07 bits per heavy atom. The van der Waals surface area contributed by atoms with Crippen molar-refractivity contribution in [3.05, 3.63) is 59.4 Å². The van der Waals surface area contributed by atoms with Crippen molar-refractivity contribution in [2.24, 2.45) is 0 Å². The van der Waals surface area contributed by atoms with Gasteiger partial charge < -0.3 is 9.67 Å². The third kappa shape index (κ3) is 3.34. The molecule has 3 rings (SSSR count). The van der Waals surface area contributed by atoms with Gasteiger partial charge in [0.05, 0.1) is 5.56 Å². The molecule has 7 nitrogen and oxygen atoms in total. The Bertz CT molecular complexity index is 980. The van der Waals surface area contributed by atoms with Crippen molar-refractivity contribution >= 4 is 41.2 Å². The van der Waals surface area contributed by atoms with Gasteiger partial charge in [0.25, 0.3) is 11.8 Å². The molecule has 1 aliphatic rings. The van der Waals surface area contributed by atoms with E-state index < -0.39 is 17.8 Å². The topological polar surface area (TPSA) is 82.9 Å². The normalized spacial score (nSPS) is 14.6. The fourth-order valence-corrected chi connectivity index (χ4v) is 3.49. The number of carboxylic acids is 1. The molecule has 0 spiro atoms. The lowest BCUT2D eigenvalue weighted by atomic mass is 10.1. The van der Waals surface area contributed by atoms with Gasteiger partial charge in [-0.15, -0.1) is 0 Å². The van der Waals surface area contributed by atoms with Crippen LogP contribution in [0.5, 0.6) is 0 Å². The first-order valence-corrected chi connectivity index (χ1v) is 9.20. The van der Waals surface area contributed by atoms with Crippen LogP contribution >= 0.6 is 12.2 Å². The molecule has 1 N–H and O–H groups in total. The molecule has 0 bridgehead atoms. The van der Waals surface area contributed by atoms with Crippen LogP contribution < -0.4 is 0 Å². The monoisotopic (exact) mass is 397 g/mol. The third-order valence-corrected chi connectivity index (χ3v) is 4.93. The Morgan fingerprint density at radius 2 is 1.71 bits per heavy atom. The smallest absolute Gasteiger partial charge is 0.335 e. The number of aromatic carboxylic acids is 1. The van der Waals surface area contributed by atoms with Gasteiger partial charge in [0.15, 0.2) is 5.11 Å². The standard InChI is InChI=1S/C20H19N3O4S/c1-3-21-17(24)16(18(25)22(4-2)20(21)28)12-15-9-6-10-23(15)14-8-5-7-13(11-14)19(26)27/h5-12H,3-4H2,1-2H3,(H,26,27). The van der Waals surface area contributed by atoms with Crippen molar-refractivity contribution in [3.8, 4) is 5.69 Å². The SMILES string of the molecule is CCN1C(=O)C(=Cc2cccn2-c2cccc(C(=O)O)c2)C(=O)N(CC)C1=S. The lowest BCUT2D eigenvalue weighted by Gasteiger charge is -2.35. The summed E-state index contributed by atoms with van der Waals surface area (Å²) in [7, 11) is 0. The van der Waals surface area contributed by atoms with Gasteiger partial charge in [-0.1, -0.05) is 6.07 Å². The van der Waals surface area contributed by atoms with E-state index in [2.05, 4.69) is 0 Å². The number of carbonyl (C=O) groups excluding carboxylic acids is 2. The second-order valence-corrected chi connectivity index (χ2v) is 6.46. The molecular weight excluding hydrogens is 378 g/mol. The lowest BCUT2D eigenvalue weighted by Crippen LogP contribution is -2.55. The highest BCUT2D eigenvalue weighted by Crippen LogP contribution is 2.22. The summed E-state index contributed by atoms with van der Waals surface area (Å²) < 4.78 is 1.72. The van der Waals surface area contributed by atoms with Crippen LogP contribution in [0.2, 0.25) is 0 Å². The number of carbonyl (C=O) groups is 3. The van der Waals surface area contributed by atoms with E-state index in [9.17, 15) is 19.5 Å². The average molecular weight is 397 g/mol. The van der Waals surface area contributed by atoms with E-state index in [1.54, 1.807) is 48.9 Å². The van der Waals surface area contributed by atoms with E-state index >= 15 is 0 Å². The predicted molar refractivity (Wildman–Crippen MR) is 108 cm³/mol. The van der Waals surface area contributed by atoms with Gasteiger partial charge in [-0.2, -0.15) is 0 Å². The van der Waals surface area contributed by atoms with Gasteiger partial charge in [-0.05, 0) is 62.5 Å². The number of aromatic nitrogens is 1. The molecule has 2 amide bonds. The first-order valence-electron chi connectivity index (χ1n) is 8.79. The summed E-state index contributed by atoms with van der Waals surface area (Å²) in [6.45, 7) is 4.32. The Kier molecular flexibility index (Phi) is 5.41. The number of benzene rings is 1. The number of carboxylic acid groups (broad SMARTS) is 1. The molecule has 2 aromatic rings. The summed E-state index contributed by atoms with van der Waals surface area (Å²) in [6.07, 6.45) is 3.26. The van der Waals surface area contributed by atoms with Crippen molar-refractivity contribution in [3.63, 3.8) is 0 Å². The maximum absolute atomic E-state index is 12.8. The highest BCUT2D eigenvalue weighted by molar-refractivity contribution is 7.80. The van der Waals surface area contributed by atoms with Crippen LogP contribution in [0, 0.1) is 0 Å². The second kappa shape index (κ2) is 7.77. The molecule has 1 saturated heterocycles. The third-order valence-electron chi connectivity index (χ3n) is 4.49. The van der Waals surface area contributed by atoms with E-state index in [1.165, 1.54) is 28.0 Å². The lowest BCUT2D eigenvalue weighted by molar-refractivity contribution is -0.133. The summed E-state index contributed by atoms with van der Waals surface area (Å²) in [5.41, 5.74) is 1.36. The molecule has 0 unspecified atom stereocenters. The highest BCUT2D eigenvalue weighted by atomic mass is 32.1. The van der Waals surface area contributed by atoms with Crippen LogP contribution in [0.1, 0.15) is 29.9 Å². The quantitative estimate of drug-likeness (QED) is 0.476. The Morgan fingerprint density at radius 3 is 2.29 bits per heavy atom. The fourth-order valence-electron chi connectivity index (χ4n) is 3.07. The van der Waals surface area contributed by atoms with E-state index in [1.807, 2.05) is 0 Å². The first kappa shape index (κ1) is 19.5. The summed E-state index contributed by atoms with van der Waals surface area (Å²) in [5, 5.41) is 9.42. The van der Waals surface area contributed by atoms with Gasteiger partial charge in [0.2, 0.25) is 0 Å². The number of likely N-dealkylation sites (N-methyl/N-ethyl adjacent to an activating group) is 2. The van der Waals surface area contributed by atoms with Crippen LogP contribution in [0.25, 0.3) is 11.8 Å². The molecule has 1 fully saturated rings. The minimum absolute atomic E-state index is 0.0200. The minimum Gasteiger partial charge on any atom is -0.478 e. The summed E-state index contributed by atoms with van der Waals surface area (Å²) in [4.78, 5) is 39.6. The molecule has 1 aromatic heterocycles. The molecule has 8 heteroatoms. The zero-order chi connectivity index (χ0) is 20.4. The van der Waals surface area contributed by atoms with Crippen molar-refractivity contribution in [1.82, 2.24) is 14.4 Å². The van der Waals surface area contributed by atoms with Crippen LogP contribution in [-0.2, 0) is 9.59 Å². The predicted octanol–water partition coefficient (Wildman–Crippen LogP) is 2.55. The maximum atomic E-state index is 12.8. The molecule has 1 aliphatic heterocycles. The Hall–Kier alpha value is -3.26. The van der Waals surface area contributed by atoms with Gasteiger partial charge in [-0.25, -0.2) is 4.79 Å². The molecule has 2 heterocycles. The Labute approximate surface area is 167 Å². The van der Waals surface area contributed by atoms with Gasteiger partial charge in [0.1, 0.15) is 5.57 Å². The fraction of sp³-hybridized carbons (Fsp3) is 0.200. The van der Waals surface area contributed by atoms with Crippen molar-refractivity contribution in [2.45, 2.75) is 13.8 Å². The van der Waals surface area contributed by atoms with E-state index in [-0.39, 0.29) is 16.2 Å². The largest absolute Gasteiger partial charge is 0.478 e. The average Bonchev–Trinajstić information content (AvgIpc) is 3.14. The zero-order valence-corrected chi connectivity index (χ0v) is 16.3. The molecule has 0 radical (unpaired) electrons. The summed E-state index contributed by atoms with van der Waals surface area (Å²) in [5.74, 6) is -1.90. The number of amides is 2. The molecule has 28 heavy (non-hydrogen) atoms. The van der Waals surface area contributed by atoms with Crippen LogP contribution in [0.4, 0.5) is 0 Å². The van der Waals surface area contributed by atoms with Crippen molar-refractivity contribution < 1.29 is 19.5 Å². The van der Waals surface area contributed by atoms with E-state index in [4.69, 9.17) is 12.2 Å². The van der Waals surface area contributed by atoms with Crippen molar-refractivity contribution in [2.75, 3.05) is 13.1 Å². The van der Waals surface area contributed by atoms with Crippen molar-refractivity contribution in [1.29, 1.82) is 0 Å². The number of nitrogens with zero attached hydrogens (tertiary/aromatic N) is 3. The first-order chi connectivity index (χ1) is 13.4. The molecule has 1 aromatic carbocycles. The summed E-state index contributed by atoms with van der Waals surface area (Å²) >= 11 is 5.27. The maximum Gasteiger partial charge on any atom is 0.335 e. The summed E-state index contributed by atoms with van der Waals surface area (Å²) in [6, 6.07) is 9.94. The van der Waals surface area contributed by atoms with Gasteiger partial charge >= 0.3 is 5.97 Å². The second-order valence-electron chi connectivity index (χ2n) is 6.10. The van der Waals surface area contributed by atoms with Gasteiger partial charge in [0, 0.05) is 30.7 Å². The number of hydrogen-bond acceptors (Lipinski definition) is 4. The Balaban J connectivity index is 2.07. The zero-order valence-electron chi connectivity index (χ0n) is 15.5. The van der Waals surface area contributed by atoms with Crippen LogP contribution in [-0.4, -0.2) is 55.5 Å². The van der Waals surface area contributed by atoms with E-state index in [0.29, 0.717) is 24.5 Å². The minimum atomic E-state index is -1.03.